The van der Waals surface area contributed by atoms with E-state index in [1.807, 2.05) is 23.1 Å². The monoisotopic (exact) mass is 486 g/mol. The zero-order chi connectivity index (χ0) is 22.5. The van der Waals surface area contributed by atoms with Gasteiger partial charge in [-0.25, -0.2) is 0 Å². The van der Waals surface area contributed by atoms with Crippen LogP contribution < -0.4 is 0 Å². The third-order valence-corrected chi connectivity index (χ3v) is 7.34. The Morgan fingerprint density at radius 1 is 1.00 bits per heavy atom. The van der Waals surface area contributed by atoms with Crippen LogP contribution in [0.1, 0.15) is 61.3 Å². The summed E-state index contributed by atoms with van der Waals surface area (Å²) in [5, 5.41) is 0.778. The number of hydrogen-bond donors (Lipinski definition) is 0. The van der Waals surface area contributed by atoms with Crippen LogP contribution in [0.2, 0.25) is 5.02 Å². The molecule has 3 nitrogen and oxygen atoms in total. The molecule has 2 aromatic carbocycles. The lowest BCUT2D eigenvalue weighted by Gasteiger charge is -2.32. The highest BCUT2D eigenvalue weighted by molar-refractivity contribution is 6.30. The average Bonchev–Trinajstić information content (AvgIpc) is 3.02. The third-order valence-electron chi connectivity index (χ3n) is 7.09. The molecule has 33 heavy (non-hydrogen) atoms. The summed E-state index contributed by atoms with van der Waals surface area (Å²) in [5.74, 6) is 0.760. The summed E-state index contributed by atoms with van der Waals surface area (Å²) in [6.45, 7) is 8.50. The van der Waals surface area contributed by atoms with Gasteiger partial charge in [0.2, 0.25) is 5.91 Å². The van der Waals surface area contributed by atoms with Gasteiger partial charge in [0.15, 0.2) is 0 Å². The lowest BCUT2D eigenvalue weighted by atomic mass is 9.89. The molecule has 0 radical (unpaired) electrons. The molecule has 0 bridgehead atoms. The maximum Gasteiger partial charge on any atom is 0.226 e. The standard InChI is InChI=1S/C28H35ClN2O.ClH/c1-21(2)30-16-12-24-7-6-22(20-26(24)15-17-30)4-3-5-28(32)31-18-13-25(14-19-31)23-8-10-27(29)11-9-23;/h3-4,6-11,20-21,25H,5,12-19H2,1-2H3;1H/b4-3+;. The molecule has 1 amide bonds. The number of benzene rings is 2. The first-order valence-corrected chi connectivity index (χ1v) is 12.4. The second-order valence-corrected chi connectivity index (χ2v) is 9.91. The van der Waals surface area contributed by atoms with Gasteiger partial charge in [-0.2, -0.15) is 0 Å². The van der Waals surface area contributed by atoms with E-state index in [9.17, 15) is 4.79 Å². The number of hydrogen-bond acceptors (Lipinski definition) is 2. The van der Waals surface area contributed by atoms with E-state index in [1.54, 1.807) is 0 Å². The molecule has 2 aliphatic heterocycles. The van der Waals surface area contributed by atoms with Gasteiger partial charge >= 0.3 is 0 Å². The molecule has 2 aliphatic rings. The Labute approximate surface area is 210 Å². The quantitative estimate of drug-likeness (QED) is 0.489. The number of rotatable bonds is 5. The van der Waals surface area contributed by atoms with E-state index in [4.69, 9.17) is 11.6 Å². The summed E-state index contributed by atoms with van der Waals surface area (Å²) in [6, 6.07) is 15.6. The van der Waals surface area contributed by atoms with E-state index < -0.39 is 0 Å². The van der Waals surface area contributed by atoms with Gasteiger partial charge in [0.1, 0.15) is 0 Å². The first kappa shape index (κ1) is 25.8. The van der Waals surface area contributed by atoms with Gasteiger partial charge in [0.25, 0.3) is 0 Å². The minimum Gasteiger partial charge on any atom is -0.342 e. The lowest BCUT2D eigenvalue weighted by Crippen LogP contribution is -2.37. The zero-order valence-electron chi connectivity index (χ0n) is 19.8. The van der Waals surface area contributed by atoms with Gasteiger partial charge in [0.05, 0.1) is 0 Å². The molecule has 2 aromatic rings. The Hall–Kier alpha value is -1.81. The number of carbonyl (C=O) groups excluding carboxylic acids is 1. The Morgan fingerprint density at radius 3 is 2.33 bits per heavy atom. The molecule has 0 aromatic heterocycles. The van der Waals surface area contributed by atoms with Crippen LogP contribution in [0.4, 0.5) is 0 Å². The zero-order valence-corrected chi connectivity index (χ0v) is 21.4. The normalized spacial score (nSPS) is 17.6. The summed E-state index contributed by atoms with van der Waals surface area (Å²) < 4.78 is 0. The molecule has 0 saturated carbocycles. The molecule has 4 rings (SSSR count). The van der Waals surface area contributed by atoms with Crippen LogP contribution in [0, 0.1) is 0 Å². The third kappa shape index (κ3) is 6.85. The molecular formula is C28H36Cl2N2O. The van der Waals surface area contributed by atoms with E-state index in [0.29, 0.717) is 18.4 Å². The Kier molecular flexibility index (Phi) is 9.43. The van der Waals surface area contributed by atoms with Crippen LogP contribution in [0.15, 0.2) is 48.5 Å². The molecule has 0 atom stereocenters. The Morgan fingerprint density at radius 2 is 1.67 bits per heavy atom. The van der Waals surface area contributed by atoms with E-state index in [0.717, 1.165) is 56.9 Å². The molecule has 0 N–H and O–H groups in total. The van der Waals surface area contributed by atoms with Crippen molar-refractivity contribution in [3.8, 4) is 0 Å². The molecule has 1 fully saturated rings. The number of likely N-dealkylation sites (tertiary alicyclic amines) is 1. The van der Waals surface area contributed by atoms with Crippen LogP contribution in [0.25, 0.3) is 6.08 Å². The van der Waals surface area contributed by atoms with Crippen molar-refractivity contribution in [1.29, 1.82) is 0 Å². The van der Waals surface area contributed by atoms with Crippen molar-refractivity contribution in [1.82, 2.24) is 9.80 Å². The van der Waals surface area contributed by atoms with Gasteiger partial charge < -0.3 is 9.80 Å². The van der Waals surface area contributed by atoms with Crippen molar-refractivity contribution in [3.63, 3.8) is 0 Å². The largest absolute Gasteiger partial charge is 0.342 e. The van der Waals surface area contributed by atoms with Crippen LogP contribution in [-0.4, -0.2) is 47.9 Å². The van der Waals surface area contributed by atoms with Gasteiger partial charge in [-0.1, -0.05) is 54.1 Å². The van der Waals surface area contributed by atoms with E-state index >= 15 is 0 Å². The Balaban J connectivity index is 0.00000306. The van der Waals surface area contributed by atoms with Crippen LogP contribution in [0.3, 0.4) is 0 Å². The van der Waals surface area contributed by atoms with E-state index in [2.05, 4.69) is 55.2 Å². The predicted octanol–water partition coefficient (Wildman–Crippen LogP) is 6.38. The lowest BCUT2D eigenvalue weighted by molar-refractivity contribution is -0.131. The number of piperidine rings is 1. The van der Waals surface area contributed by atoms with Gasteiger partial charge in [0, 0.05) is 43.7 Å². The predicted molar refractivity (Wildman–Crippen MR) is 141 cm³/mol. The molecule has 0 spiro atoms. The fraction of sp³-hybridized carbons (Fsp3) is 0.464. The van der Waals surface area contributed by atoms with Crippen molar-refractivity contribution >= 4 is 36.0 Å². The number of halogens is 2. The maximum absolute atomic E-state index is 12.7. The second-order valence-electron chi connectivity index (χ2n) is 9.47. The molecule has 0 unspecified atom stereocenters. The average molecular weight is 488 g/mol. The number of amides is 1. The second kappa shape index (κ2) is 12.1. The highest BCUT2D eigenvalue weighted by Gasteiger charge is 2.23. The number of fused-ring (bicyclic) bond motifs is 1. The molecule has 1 saturated heterocycles. The summed E-state index contributed by atoms with van der Waals surface area (Å²) in [6.07, 6.45) is 8.91. The maximum atomic E-state index is 12.7. The topological polar surface area (TPSA) is 23.6 Å². The van der Waals surface area contributed by atoms with Gasteiger partial charge in [-0.15, -0.1) is 12.4 Å². The van der Waals surface area contributed by atoms with Crippen molar-refractivity contribution in [2.75, 3.05) is 26.2 Å². The van der Waals surface area contributed by atoms with Crippen molar-refractivity contribution in [2.45, 2.75) is 57.9 Å². The minimum atomic E-state index is 0. The van der Waals surface area contributed by atoms with Gasteiger partial charge in [-0.3, -0.25) is 4.79 Å². The van der Waals surface area contributed by atoms with Gasteiger partial charge in [-0.05, 0) is 79.8 Å². The molecule has 178 valence electrons. The molecular weight excluding hydrogens is 451 g/mol. The number of nitrogens with zero attached hydrogens (tertiary/aromatic N) is 2. The van der Waals surface area contributed by atoms with E-state index in [-0.39, 0.29) is 18.3 Å². The van der Waals surface area contributed by atoms with Crippen LogP contribution in [-0.2, 0) is 17.6 Å². The van der Waals surface area contributed by atoms with Crippen LogP contribution >= 0.6 is 24.0 Å². The Bertz CT molecular complexity index is 947. The fourth-order valence-electron chi connectivity index (χ4n) is 5.00. The van der Waals surface area contributed by atoms with Crippen LogP contribution in [0.5, 0.6) is 0 Å². The highest BCUT2D eigenvalue weighted by atomic mass is 35.5. The highest BCUT2D eigenvalue weighted by Crippen LogP contribution is 2.29. The van der Waals surface area contributed by atoms with Crippen molar-refractivity contribution < 1.29 is 4.79 Å². The molecule has 5 heteroatoms. The summed E-state index contributed by atoms with van der Waals surface area (Å²) in [5.41, 5.74) is 5.48. The molecule has 0 aliphatic carbocycles. The fourth-order valence-corrected chi connectivity index (χ4v) is 5.13. The first-order valence-electron chi connectivity index (χ1n) is 12.1. The van der Waals surface area contributed by atoms with E-state index in [1.165, 1.54) is 22.3 Å². The molecule has 2 heterocycles. The van der Waals surface area contributed by atoms with Crippen molar-refractivity contribution in [3.05, 3.63) is 75.8 Å². The SMILES string of the molecule is CC(C)N1CCc2ccc(/C=C/CC(=O)N3CCC(c4ccc(Cl)cc4)CC3)cc2CC1.Cl. The number of carbonyl (C=O) groups is 1. The smallest absolute Gasteiger partial charge is 0.226 e. The minimum absolute atomic E-state index is 0. The summed E-state index contributed by atoms with van der Waals surface area (Å²) in [4.78, 5) is 17.3. The first-order chi connectivity index (χ1) is 15.5. The summed E-state index contributed by atoms with van der Waals surface area (Å²) in [7, 11) is 0. The van der Waals surface area contributed by atoms with Crippen molar-refractivity contribution in [2.24, 2.45) is 0 Å². The summed E-state index contributed by atoms with van der Waals surface area (Å²) >= 11 is 6.01.